The molecule has 2 fully saturated rings. The molecule has 1 heterocycles. The second kappa shape index (κ2) is 14.3. The van der Waals surface area contributed by atoms with Crippen LogP contribution in [-0.2, 0) is 10.9 Å². The molecule has 0 spiro atoms. The molecule has 2 aliphatic rings. The van der Waals surface area contributed by atoms with Crippen LogP contribution in [0.3, 0.4) is 0 Å². The summed E-state index contributed by atoms with van der Waals surface area (Å²) in [4.78, 5) is 26.5. The molecule has 0 bridgehead atoms. The molecule has 1 saturated carbocycles. The van der Waals surface area contributed by atoms with Gasteiger partial charge < -0.3 is 24.6 Å². The quantitative estimate of drug-likeness (QED) is 0.136. The molecule has 1 N–H and O–H groups in total. The van der Waals surface area contributed by atoms with Crippen LogP contribution in [-0.4, -0.2) is 59.1 Å². The van der Waals surface area contributed by atoms with Crippen molar-refractivity contribution < 1.29 is 32.4 Å². The number of halogens is 3. The Hall–Kier alpha value is -4.48. The minimum absolute atomic E-state index is 0.0891. The fraction of sp³-hybridized carbons (Fsp3) is 0.406. The number of carbonyl (C=O) groups excluding carboxylic acids is 1. The van der Waals surface area contributed by atoms with Crippen molar-refractivity contribution in [3.63, 3.8) is 0 Å². The second-order valence-corrected chi connectivity index (χ2v) is 10.9. The van der Waals surface area contributed by atoms with Gasteiger partial charge in [-0.2, -0.15) is 13.2 Å². The van der Waals surface area contributed by atoms with Gasteiger partial charge in [0.15, 0.2) is 0 Å². The van der Waals surface area contributed by atoms with Crippen LogP contribution in [0.5, 0.6) is 5.75 Å². The second-order valence-electron chi connectivity index (χ2n) is 10.9. The number of hydrogen-bond acceptors (Lipinski definition) is 7. The van der Waals surface area contributed by atoms with Crippen LogP contribution in [0.4, 0.5) is 29.3 Å². The summed E-state index contributed by atoms with van der Waals surface area (Å²) in [6, 6.07) is 10.2. The van der Waals surface area contributed by atoms with Gasteiger partial charge >= 0.3 is 12.3 Å². The average molecular weight is 615 g/mol. The Morgan fingerprint density at radius 2 is 1.68 bits per heavy atom. The number of rotatable bonds is 9. The molecule has 9 nitrogen and oxygen atoms in total. The monoisotopic (exact) mass is 614 g/mol. The van der Waals surface area contributed by atoms with E-state index in [1.54, 1.807) is 17.0 Å². The largest absolute Gasteiger partial charge is 0.491 e. The van der Waals surface area contributed by atoms with E-state index >= 15 is 0 Å². The molecule has 0 radical (unpaired) electrons. The van der Waals surface area contributed by atoms with Crippen LogP contribution >= 0.6 is 0 Å². The SMILES string of the molecule is C=C(/C=C(\C=C/C)N1CCN(C(=O)Oc2ccc(C)cc2)CC1)OC1CCC(Nc2ccc([N+](=O)[O-])c(C(F)(F)F)c2)CC1. The minimum atomic E-state index is -4.83. The van der Waals surface area contributed by atoms with Crippen molar-refractivity contribution in [3.8, 4) is 5.75 Å². The summed E-state index contributed by atoms with van der Waals surface area (Å²) in [5.41, 5.74) is -0.0422. The van der Waals surface area contributed by atoms with E-state index in [1.807, 2.05) is 44.2 Å². The number of carbonyl (C=O) groups is 1. The van der Waals surface area contributed by atoms with Crippen LogP contribution in [0.15, 0.2) is 78.7 Å². The van der Waals surface area contributed by atoms with Crippen LogP contribution in [0, 0.1) is 17.0 Å². The summed E-state index contributed by atoms with van der Waals surface area (Å²) in [5, 5.41) is 14.1. The number of nitro benzene ring substituents is 1. The number of ether oxygens (including phenoxy) is 2. The Labute approximate surface area is 254 Å². The van der Waals surface area contributed by atoms with Crippen molar-refractivity contribution >= 4 is 17.5 Å². The van der Waals surface area contributed by atoms with Crippen LogP contribution in [0.25, 0.3) is 0 Å². The van der Waals surface area contributed by atoms with E-state index in [9.17, 15) is 28.1 Å². The molecule has 0 unspecified atom stereocenters. The Morgan fingerprint density at radius 1 is 1.05 bits per heavy atom. The van der Waals surface area contributed by atoms with E-state index in [2.05, 4.69) is 16.8 Å². The van der Waals surface area contributed by atoms with Gasteiger partial charge in [-0.1, -0.05) is 30.4 Å². The zero-order valence-corrected chi connectivity index (χ0v) is 24.8. The van der Waals surface area contributed by atoms with Gasteiger partial charge in [0.1, 0.15) is 17.1 Å². The maximum absolute atomic E-state index is 13.3. The summed E-state index contributed by atoms with van der Waals surface area (Å²) >= 11 is 0. The third-order valence-corrected chi connectivity index (χ3v) is 7.64. The highest BCUT2D eigenvalue weighted by atomic mass is 19.4. The smallest absolute Gasteiger partial charge is 0.423 e. The summed E-state index contributed by atoms with van der Waals surface area (Å²) in [7, 11) is 0. The van der Waals surface area contributed by atoms with Gasteiger partial charge in [-0.25, -0.2) is 4.79 Å². The molecule has 1 aliphatic carbocycles. The third kappa shape index (κ3) is 8.77. The lowest BCUT2D eigenvalue weighted by molar-refractivity contribution is -0.388. The molecule has 2 aromatic carbocycles. The molecule has 44 heavy (non-hydrogen) atoms. The maximum atomic E-state index is 13.3. The average Bonchev–Trinajstić information content (AvgIpc) is 2.98. The van der Waals surface area contributed by atoms with E-state index in [-0.39, 0.29) is 23.9 Å². The summed E-state index contributed by atoms with van der Waals surface area (Å²) < 4.78 is 51.7. The van der Waals surface area contributed by atoms with E-state index in [0.29, 0.717) is 63.4 Å². The van der Waals surface area contributed by atoms with Crippen molar-refractivity contribution in [2.75, 3.05) is 31.5 Å². The highest BCUT2D eigenvalue weighted by Gasteiger charge is 2.38. The van der Waals surface area contributed by atoms with E-state index in [1.165, 1.54) is 6.07 Å². The number of nitro groups is 1. The van der Waals surface area contributed by atoms with E-state index < -0.39 is 22.4 Å². The van der Waals surface area contributed by atoms with Crippen molar-refractivity contribution in [2.45, 2.75) is 57.9 Å². The van der Waals surface area contributed by atoms with Crippen molar-refractivity contribution in [3.05, 3.63) is 100.0 Å². The number of amides is 1. The minimum Gasteiger partial charge on any atom is -0.491 e. The maximum Gasteiger partial charge on any atom is 0.423 e. The van der Waals surface area contributed by atoms with Crippen LogP contribution in [0.1, 0.15) is 43.7 Å². The van der Waals surface area contributed by atoms with Crippen LogP contribution in [0.2, 0.25) is 0 Å². The highest BCUT2D eigenvalue weighted by Crippen LogP contribution is 2.38. The van der Waals surface area contributed by atoms with Crippen molar-refractivity contribution in [1.29, 1.82) is 0 Å². The molecule has 236 valence electrons. The first-order valence-corrected chi connectivity index (χ1v) is 14.5. The number of hydrogen-bond donors (Lipinski definition) is 1. The van der Waals surface area contributed by atoms with Crippen molar-refractivity contribution in [2.24, 2.45) is 0 Å². The lowest BCUT2D eigenvalue weighted by Crippen LogP contribution is -2.49. The van der Waals surface area contributed by atoms with E-state index in [4.69, 9.17) is 9.47 Å². The first-order chi connectivity index (χ1) is 20.9. The normalized spacial score (nSPS) is 19.5. The zero-order valence-electron chi connectivity index (χ0n) is 24.8. The van der Waals surface area contributed by atoms with Gasteiger partial charge in [-0.3, -0.25) is 10.1 Å². The molecular weight excluding hydrogens is 577 g/mol. The van der Waals surface area contributed by atoms with Gasteiger partial charge in [-0.15, -0.1) is 0 Å². The zero-order chi connectivity index (χ0) is 31.9. The number of aryl methyl sites for hydroxylation is 1. The lowest BCUT2D eigenvalue weighted by Gasteiger charge is -2.36. The van der Waals surface area contributed by atoms with Gasteiger partial charge in [0.25, 0.3) is 5.69 Å². The highest BCUT2D eigenvalue weighted by molar-refractivity contribution is 5.70. The summed E-state index contributed by atoms with van der Waals surface area (Å²) in [5.74, 6) is 1.01. The molecule has 0 aromatic heterocycles. The Bertz CT molecular complexity index is 1390. The van der Waals surface area contributed by atoms with Gasteiger partial charge in [0, 0.05) is 55.7 Å². The predicted octanol–water partition coefficient (Wildman–Crippen LogP) is 7.45. The predicted molar refractivity (Wildman–Crippen MR) is 161 cm³/mol. The van der Waals surface area contributed by atoms with Gasteiger partial charge in [0.2, 0.25) is 0 Å². The molecule has 0 atom stereocenters. The molecule has 12 heteroatoms. The van der Waals surface area contributed by atoms with Gasteiger partial charge in [-0.05, 0) is 69.9 Å². The topological polar surface area (TPSA) is 97.2 Å². The number of allylic oxidation sites excluding steroid dienone is 3. The van der Waals surface area contributed by atoms with E-state index in [0.717, 1.165) is 23.4 Å². The number of alkyl halides is 3. The third-order valence-electron chi connectivity index (χ3n) is 7.64. The first kappa shape index (κ1) is 32.4. The molecular formula is C32H37F3N4O5. The Morgan fingerprint density at radius 3 is 2.27 bits per heavy atom. The van der Waals surface area contributed by atoms with Crippen LogP contribution < -0.4 is 10.1 Å². The molecule has 1 amide bonds. The molecule has 1 aliphatic heterocycles. The number of piperazine rings is 1. The molecule has 1 saturated heterocycles. The lowest BCUT2D eigenvalue weighted by atomic mass is 9.92. The van der Waals surface area contributed by atoms with Crippen molar-refractivity contribution in [1.82, 2.24) is 9.80 Å². The number of nitrogens with one attached hydrogen (secondary N) is 1. The first-order valence-electron chi connectivity index (χ1n) is 14.5. The number of benzene rings is 2. The summed E-state index contributed by atoms with van der Waals surface area (Å²) in [6.45, 7) is 10.2. The number of nitrogens with zero attached hydrogens (tertiary/aromatic N) is 3. The fourth-order valence-corrected chi connectivity index (χ4v) is 5.32. The molecule has 2 aromatic rings. The number of anilines is 1. The fourth-order valence-electron chi connectivity index (χ4n) is 5.32. The van der Waals surface area contributed by atoms with Gasteiger partial charge in [0.05, 0.1) is 11.0 Å². The Kier molecular flexibility index (Phi) is 10.6. The standard InChI is InChI=1S/C32H37F3N4O5/c1-4-5-26(37-16-18-38(19-17-37)31(40)44-28-11-6-22(2)7-12-28)20-23(3)43-27-13-8-24(9-14-27)36-25-10-15-30(39(41)42)29(21-25)32(33,34)35/h4-7,10-12,15,20-21,24,27,36H,3,8-9,13-14,16-19H2,1-2H3/b5-4-,26-20+. The molecule has 4 rings (SSSR count). The Balaban J connectivity index is 1.26. The summed E-state index contributed by atoms with van der Waals surface area (Å²) in [6.07, 6.45) is 3.12.